The van der Waals surface area contributed by atoms with Crippen LogP contribution in [0.4, 0.5) is 0 Å². The summed E-state index contributed by atoms with van der Waals surface area (Å²) in [4.78, 5) is 0. The van der Waals surface area contributed by atoms with Gasteiger partial charge in [0.15, 0.2) is 0 Å². The number of hydrogen-bond acceptors (Lipinski definition) is 0. The Hall–Kier alpha value is -14.8. The molecule has 0 radical (unpaired) electrons. The summed E-state index contributed by atoms with van der Waals surface area (Å²) in [5, 5.41) is 23.0. The molecule has 0 amide bonds. The van der Waals surface area contributed by atoms with Gasteiger partial charge in [-0.05, 0) is 301 Å². The van der Waals surface area contributed by atoms with Crippen molar-refractivity contribution in [3.05, 3.63) is 459 Å². The highest BCUT2D eigenvalue weighted by atomic mass is 14.3. The Bertz CT molecular complexity index is 7400. The van der Waals surface area contributed by atoms with Gasteiger partial charge in [-0.2, -0.15) is 0 Å². The molecule has 0 aliphatic carbocycles. The van der Waals surface area contributed by atoms with E-state index in [-0.39, 0.29) is 0 Å². The standard InChI is InChI=1S/C42H28.C39H30.C38H28/c1-3-13-29(14-4-1)34-26-35(30-15-5-2-6-16-30)28-36(27-34)42-39-21-11-9-19-37(39)41(38-20-10-12-22-40(38)42)33-24-23-31-17-7-8-18-32(31)25-33;1-25-22-26(2)37(27(3)23-25)29-17-19-30(20-18-29)38-33-12-6-8-14-35(33)39(36-15-9-7-13-34(36)38)32-21-16-28-10-4-5-11-31(28)24-32;1-25-22-31(27-12-4-3-5-13-27)23-26(2)36(25)38-34-18-10-8-16-32(34)37(33-17-9-11-19-35(33)38)30-21-20-28-14-6-7-15-29(28)24-30/h1-28H;4-24H,1-3H3;3-24H,1-2H3. The molecule has 0 aliphatic rings. The molecule has 0 unspecified atom stereocenters. The van der Waals surface area contributed by atoms with Crippen molar-refractivity contribution in [1.29, 1.82) is 0 Å². The van der Waals surface area contributed by atoms with Crippen molar-refractivity contribution in [3.63, 3.8) is 0 Å². The van der Waals surface area contributed by atoms with Crippen LogP contribution in [0.15, 0.2) is 431 Å². The summed E-state index contributed by atoms with van der Waals surface area (Å²) in [6.45, 7) is 11.1. The number of aryl methyl sites for hydroxylation is 5. The second-order valence-corrected chi connectivity index (χ2v) is 31.9. The average molecular weight is 1520 g/mol. The second kappa shape index (κ2) is 31.4. The first-order valence-corrected chi connectivity index (χ1v) is 41.5. The Morgan fingerprint density at radius 3 is 0.622 bits per heavy atom. The first kappa shape index (κ1) is 73.1. The molecule has 0 heteroatoms. The molecule has 22 aromatic carbocycles. The van der Waals surface area contributed by atoms with E-state index in [2.05, 4.69) is 465 Å². The molecule has 0 saturated carbocycles. The predicted octanol–water partition coefficient (Wildman–Crippen LogP) is 33.7. The summed E-state index contributed by atoms with van der Waals surface area (Å²) in [5.41, 5.74) is 32.0. The smallest absolute Gasteiger partial charge is 0.00210 e. The van der Waals surface area contributed by atoms with Gasteiger partial charge in [0.2, 0.25) is 0 Å². The summed E-state index contributed by atoms with van der Waals surface area (Å²) in [5.74, 6) is 0. The number of fused-ring (bicyclic) bond motifs is 9. The van der Waals surface area contributed by atoms with Crippen LogP contribution in [0.3, 0.4) is 0 Å². The highest BCUT2D eigenvalue weighted by Crippen LogP contribution is 2.50. The second-order valence-electron chi connectivity index (χ2n) is 31.9. The monoisotopic (exact) mass is 1510 g/mol. The van der Waals surface area contributed by atoms with Gasteiger partial charge in [0.1, 0.15) is 0 Å². The van der Waals surface area contributed by atoms with E-state index in [1.54, 1.807) is 0 Å². The highest BCUT2D eigenvalue weighted by molar-refractivity contribution is 6.25. The summed E-state index contributed by atoms with van der Waals surface area (Å²) < 4.78 is 0. The van der Waals surface area contributed by atoms with Crippen LogP contribution in [0.5, 0.6) is 0 Å². The molecule has 0 heterocycles. The Balaban J connectivity index is 0.000000114. The molecule has 0 nitrogen and oxygen atoms in total. The summed E-state index contributed by atoms with van der Waals surface area (Å²) in [6.07, 6.45) is 0. The molecule has 0 N–H and O–H groups in total. The molecule has 22 aromatic rings. The van der Waals surface area contributed by atoms with Crippen molar-refractivity contribution < 1.29 is 0 Å². The van der Waals surface area contributed by atoms with Crippen LogP contribution < -0.4 is 0 Å². The van der Waals surface area contributed by atoms with Gasteiger partial charge in [0.25, 0.3) is 0 Å². The molecule has 0 spiro atoms. The zero-order valence-electron chi connectivity index (χ0n) is 67.5. The SMILES string of the molecule is Cc1cc(-c2ccccc2)cc(C)c1-c1c2ccccc2c(-c2ccc3ccccc3c2)c2ccccc12.Cc1cc(C)c(-c2ccc(-c3c4ccccc4c(-c4ccc5ccccc5c4)c4ccccc34)cc2)c(C)c1.c1ccc(-c2cc(-c3ccccc3)cc(-c3c4ccccc4c(-c4ccc5ccccc5c4)c4ccccc34)c2)cc1. The van der Waals surface area contributed by atoms with Crippen molar-refractivity contribution >= 4 is 97.0 Å². The van der Waals surface area contributed by atoms with Crippen LogP contribution >= 0.6 is 0 Å². The van der Waals surface area contributed by atoms with E-state index < -0.39 is 0 Å². The highest BCUT2D eigenvalue weighted by Gasteiger charge is 2.24. The maximum absolute atomic E-state index is 2.37. The lowest BCUT2D eigenvalue weighted by Crippen LogP contribution is -1.95. The lowest BCUT2D eigenvalue weighted by atomic mass is 9.82. The van der Waals surface area contributed by atoms with Crippen LogP contribution in [-0.2, 0) is 0 Å². The third kappa shape index (κ3) is 13.7. The first-order chi connectivity index (χ1) is 58.6. The lowest BCUT2D eigenvalue weighted by molar-refractivity contribution is 1.32. The Kier molecular flexibility index (Phi) is 19.3. The zero-order valence-corrected chi connectivity index (χ0v) is 67.5. The van der Waals surface area contributed by atoms with Crippen LogP contribution in [0.2, 0.25) is 0 Å². The quantitative estimate of drug-likeness (QED) is 0.120. The van der Waals surface area contributed by atoms with Crippen molar-refractivity contribution in [2.45, 2.75) is 34.6 Å². The molecule has 22 rings (SSSR count). The van der Waals surface area contributed by atoms with E-state index in [0.29, 0.717) is 0 Å². The zero-order chi connectivity index (χ0) is 80.0. The fraction of sp³-hybridized carbons (Fsp3) is 0.0420. The van der Waals surface area contributed by atoms with Gasteiger partial charge in [-0.1, -0.05) is 400 Å². The van der Waals surface area contributed by atoms with Crippen molar-refractivity contribution in [2.75, 3.05) is 0 Å². The minimum absolute atomic E-state index is 1.22. The van der Waals surface area contributed by atoms with Crippen molar-refractivity contribution in [2.24, 2.45) is 0 Å². The Morgan fingerprint density at radius 1 is 0.109 bits per heavy atom. The average Bonchev–Trinajstić information content (AvgIpc) is 0.736. The number of benzene rings is 22. The third-order valence-electron chi connectivity index (χ3n) is 24.4. The minimum atomic E-state index is 1.22. The molecule has 0 fully saturated rings. The normalized spacial score (nSPS) is 11.4. The molecule has 0 atom stereocenters. The van der Waals surface area contributed by atoms with E-state index in [0.717, 1.165) is 0 Å². The maximum Gasteiger partial charge on any atom is -0.00210 e. The minimum Gasteiger partial charge on any atom is -0.0622 e. The van der Waals surface area contributed by atoms with Gasteiger partial charge in [-0.25, -0.2) is 0 Å². The van der Waals surface area contributed by atoms with Crippen LogP contribution in [0, 0.1) is 34.6 Å². The van der Waals surface area contributed by atoms with E-state index in [1.165, 1.54) is 236 Å². The van der Waals surface area contributed by atoms with Gasteiger partial charge < -0.3 is 0 Å². The maximum atomic E-state index is 2.37. The van der Waals surface area contributed by atoms with Crippen LogP contribution in [0.25, 0.3) is 208 Å². The van der Waals surface area contributed by atoms with Crippen molar-refractivity contribution in [3.8, 4) is 111 Å². The first-order valence-electron chi connectivity index (χ1n) is 41.5. The van der Waals surface area contributed by atoms with E-state index in [4.69, 9.17) is 0 Å². The largest absolute Gasteiger partial charge is 0.0622 e. The van der Waals surface area contributed by atoms with Crippen molar-refractivity contribution in [1.82, 2.24) is 0 Å². The van der Waals surface area contributed by atoms with Crippen LogP contribution in [0.1, 0.15) is 27.8 Å². The van der Waals surface area contributed by atoms with E-state index >= 15 is 0 Å². The third-order valence-corrected chi connectivity index (χ3v) is 24.4. The van der Waals surface area contributed by atoms with Gasteiger partial charge in [0.05, 0.1) is 0 Å². The van der Waals surface area contributed by atoms with Crippen LogP contribution in [-0.4, -0.2) is 0 Å². The summed E-state index contributed by atoms with van der Waals surface area (Å²) >= 11 is 0. The van der Waals surface area contributed by atoms with E-state index in [1.807, 2.05) is 0 Å². The molecule has 0 aromatic heterocycles. The molecule has 119 heavy (non-hydrogen) atoms. The lowest BCUT2D eigenvalue weighted by Gasteiger charge is -2.21. The van der Waals surface area contributed by atoms with Gasteiger partial charge in [-0.15, -0.1) is 0 Å². The molecule has 562 valence electrons. The van der Waals surface area contributed by atoms with Gasteiger partial charge in [-0.3, -0.25) is 0 Å². The number of rotatable bonds is 10. The predicted molar refractivity (Wildman–Crippen MR) is 515 cm³/mol. The fourth-order valence-corrected chi connectivity index (χ4v) is 19.2. The summed E-state index contributed by atoms with van der Waals surface area (Å²) in [6, 6.07) is 158. The summed E-state index contributed by atoms with van der Waals surface area (Å²) in [7, 11) is 0. The fourth-order valence-electron chi connectivity index (χ4n) is 19.2. The Labute approximate surface area is 696 Å². The Morgan fingerprint density at radius 2 is 0.319 bits per heavy atom. The number of hydrogen-bond donors (Lipinski definition) is 0. The topological polar surface area (TPSA) is 0 Å². The molecule has 0 aliphatic heterocycles. The molecule has 0 saturated heterocycles. The van der Waals surface area contributed by atoms with Gasteiger partial charge >= 0.3 is 0 Å². The molecular weight excluding hydrogens is 1430 g/mol. The molecule has 0 bridgehead atoms. The van der Waals surface area contributed by atoms with E-state index in [9.17, 15) is 0 Å². The van der Waals surface area contributed by atoms with Gasteiger partial charge in [0, 0.05) is 0 Å². The molecular formula is C119H86.